The zero-order valence-corrected chi connectivity index (χ0v) is 13.1. The Morgan fingerprint density at radius 3 is 2.95 bits per heavy atom. The van der Waals surface area contributed by atoms with E-state index in [9.17, 15) is 4.39 Å². The van der Waals surface area contributed by atoms with Gasteiger partial charge in [0.15, 0.2) is 0 Å². The summed E-state index contributed by atoms with van der Waals surface area (Å²) in [5, 5.41) is 4.06. The van der Waals surface area contributed by atoms with Crippen molar-refractivity contribution in [2.45, 2.75) is 39.3 Å². The number of halogens is 2. The molecule has 1 fully saturated rings. The van der Waals surface area contributed by atoms with E-state index in [0.717, 1.165) is 31.7 Å². The average molecular weight is 299 g/mol. The molecule has 112 valence electrons. The number of rotatable bonds is 6. The standard InChI is InChI=1S/C16H24ClFN2/c1-12(2)9-19-10-15-4-3-7-20(15)11-13-5-6-14(18)8-16(13)17/h5-6,8,12,15,19H,3-4,7,9-11H2,1-2H3. The van der Waals surface area contributed by atoms with E-state index < -0.39 is 0 Å². The maximum absolute atomic E-state index is 13.1. The third-order valence-electron chi connectivity index (χ3n) is 3.82. The molecule has 0 aromatic heterocycles. The predicted octanol–water partition coefficient (Wildman–Crippen LogP) is 3.69. The van der Waals surface area contributed by atoms with Crippen molar-refractivity contribution in [3.63, 3.8) is 0 Å². The van der Waals surface area contributed by atoms with Gasteiger partial charge in [0.2, 0.25) is 0 Å². The van der Waals surface area contributed by atoms with E-state index in [1.165, 1.54) is 25.0 Å². The molecule has 0 spiro atoms. The molecule has 0 saturated carbocycles. The summed E-state index contributed by atoms with van der Waals surface area (Å²) in [4.78, 5) is 2.45. The second-order valence-electron chi connectivity index (χ2n) is 6.05. The number of benzene rings is 1. The summed E-state index contributed by atoms with van der Waals surface area (Å²) >= 11 is 6.12. The molecule has 4 heteroatoms. The summed E-state index contributed by atoms with van der Waals surface area (Å²) in [7, 11) is 0. The van der Waals surface area contributed by atoms with Crippen molar-refractivity contribution in [1.82, 2.24) is 10.2 Å². The fourth-order valence-electron chi connectivity index (χ4n) is 2.74. The zero-order valence-electron chi connectivity index (χ0n) is 12.3. The third kappa shape index (κ3) is 4.44. The SMILES string of the molecule is CC(C)CNCC1CCCN1Cc1ccc(F)cc1Cl. The summed E-state index contributed by atoms with van der Waals surface area (Å²) in [6.07, 6.45) is 2.46. The highest BCUT2D eigenvalue weighted by atomic mass is 35.5. The van der Waals surface area contributed by atoms with Gasteiger partial charge in [-0.25, -0.2) is 4.39 Å². The second kappa shape index (κ2) is 7.39. The van der Waals surface area contributed by atoms with Gasteiger partial charge in [0.05, 0.1) is 0 Å². The van der Waals surface area contributed by atoms with Crippen molar-refractivity contribution in [3.8, 4) is 0 Å². The molecule has 2 nitrogen and oxygen atoms in total. The zero-order chi connectivity index (χ0) is 14.5. The number of hydrogen-bond donors (Lipinski definition) is 1. The highest BCUT2D eigenvalue weighted by Crippen LogP contribution is 2.24. The van der Waals surface area contributed by atoms with Gasteiger partial charge in [-0.15, -0.1) is 0 Å². The lowest BCUT2D eigenvalue weighted by atomic mass is 10.1. The summed E-state index contributed by atoms with van der Waals surface area (Å²) in [5.41, 5.74) is 1.02. The van der Waals surface area contributed by atoms with Crippen LogP contribution in [0.25, 0.3) is 0 Å². The van der Waals surface area contributed by atoms with Crippen molar-refractivity contribution < 1.29 is 4.39 Å². The Morgan fingerprint density at radius 2 is 2.25 bits per heavy atom. The van der Waals surface area contributed by atoms with Crippen LogP contribution in [0.3, 0.4) is 0 Å². The van der Waals surface area contributed by atoms with E-state index in [1.807, 2.05) is 0 Å². The van der Waals surface area contributed by atoms with Crippen LogP contribution in [0, 0.1) is 11.7 Å². The number of nitrogens with one attached hydrogen (secondary N) is 1. The minimum absolute atomic E-state index is 0.268. The van der Waals surface area contributed by atoms with E-state index in [4.69, 9.17) is 11.6 Å². The lowest BCUT2D eigenvalue weighted by molar-refractivity contribution is 0.237. The first-order valence-corrected chi connectivity index (χ1v) is 7.82. The van der Waals surface area contributed by atoms with E-state index >= 15 is 0 Å². The van der Waals surface area contributed by atoms with Gasteiger partial charge in [0.1, 0.15) is 5.82 Å². The fraction of sp³-hybridized carbons (Fsp3) is 0.625. The van der Waals surface area contributed by atoms with Crippen LogP contribution in [-0.4, -0.2) is 30.6 Å². The molecule has 0 amide bonds. The number of hydrogen-bond acceptors (Lipinski definition) is 2. The number of likely N-dealkylation sites (tertiary alicyclic amines) is 1. The summed E-state index contributed by atoms with van der Waals surface area (Å²) in [6, 6.07) is 5.26. The molecule has 1 heterocycles. The molecule has 1 saturated heterocycles. The van der Waals surface area contributed by atoms with Crippen molar-refractivity contribution in [2.75, 3.05) is 19.6 Å². The molecular weight excluding hydrogens is 275 g/mol. The van der Waals surface area contributed by atoms with Crippen LogP contribution < -0.4 is 5.32 Å². The van der Waals surface area contributed by atoms with Crippen molar-refractivity contribution >= 4 is 11.6 Å². The molecule has 1 N–H and O–H groups in total. The Morgan fingerprint density at radius 1 is 1.45 bits per heavy atom. The Balaban J connectivity index is 1.90. The predicted molar refractivity (Wildman–Crippen MR) is 82.5 cm³/mol. The Labute approximate surface area is 126 Å². The molecule has 0 radical (unpaired) electrons. The Bertz CT molecular complexity index is 436. The van der Waals surface area contributed by atoms with E-state index in [0.29, 0.717) is 17.0 Å². The van der Waals surface area contributed by atoms with Gasteiger partial charge in [0, 0.05) is 24.2 Å². The first kappa shape index (κ1) is 15.7. The largest absolute Gasteiger partial charge is 0.315 e. The van der Waals surface area contributed by atoms with Gasteiger partial charge in [-0.1, -0.05) is 31.5 Å². The normalized spacial score (nSPS) is 19.9. The molecule has 0 bridgehead atoms. The van der Waals surface area contributed by atoms with E-state index in [1.54, 1.807) is 6.07 Å². The first-order valence-electron chi connectivity index (χ1n) is 7.45. The van der Waals surface area contributed by atoms with Gasteiger partial charge in [-0.05, 0) is 49.5 Å². The van der Waals surface area contributed by atoms with Gasteiger partial charge < -0.3 is 5.32 Å². The lowest BCUT2D eigenvalue weighted by Gasteiger charge is -2.25. The van der Waals surface area contributed by atoms with Crippen LogP contribution in [0.5, 0.6) is 0 Å². The topological polar surface area (TPSA) is 15.3 Å². The first-order chi connectivity index (χ1) is 9.56. The van der Waals surface area contributed by atoms with Crippen LogP contribution in [0.4, 0.5) is 4.39 Å². The molecule has 0 aliphatic carbocycles. The Kier molecular flexibility index (Phi) is 5.82. The molecular formula is C16H24ClFN2. The van der Waals surface area contributed by atoms with Crippen LogP contribution in [0.15, 0.2) is 18.2 Å². The van der Waals surface area contributed by atoms with Crippen LogP contribution in [0.2, 0.25) is 5.02 Å². The highest BCUT2D eigenvalue weighted by Gasteiger charge is 2.24. The number of nitrogens with zero attached hydrogens (tertiary/aromatic N) is 1. The van der Waals surface area contributed by atoms with E-state index in [-0.39, 0.29) is 5.82 Å². The van der Waals surface area contributed by atoms with Crippen molar-refractivity contribution in [1.29, 1.82) is 0 Å². The van der Waals surface area contributed by atoms with Crippen molar-refractivity contribution in [2.24, 2.45) is 5.92 Å². The molecule has 1 aromatic carbocycles. The molecule has 1 atom stereocenters. The van der Waals surface area contributed by atoms with Crippen LogP contribution in [-0.2, 0) is 6.54 Å². The van der Waals surface area contributed by atoms with E-state index in [2.05, 4.69) is 24.1 Å². The Hall–Kier alpha value is -0.640. The molecule has 2 rings (SSSR count). The van der Waals surface area contributed by atoms with Gasteiger partial charge >= 0.3 is 0 Å². The summed E-state index contributed by atoms with van der Waals surface area (Å²) < 4.78 is 13.1. The second-order valence-corrected chi connectivity index (χ2v) is 6.46. The summed E-state index contributed by atoms with van der Waals surface area (Å²) in [5.74, 6) is 0.409. The monoisotopic (exact) mass is 298 g/mol. The molecule has 20 heavy (non-hydrogen) atoms. The van der Waals surface area contributed by atoms with Crippen LogP contribution >= 0.6 is 11.6 Å². The average Bonchev–Trinajstić information content (AvgIpc) is 2.80. The molecule has 1 aliphatic heterocycles. The summed E-state index contributed by atoms with van der Waals surface area (Å²) in [6.45, 7) is 8.43. The quantitative estimate of drug-likeness (QED) is 0.862. The van der Waals surface area contributed by atoms with Crippen LogP contribution in [0.1, 0.15) is 32.3 Å². The minimum Gasteiger partial charge on any atom is -0.315 e. The molecule has 1 aromatic rings. The molecule has 1 aliphatic rings. The van der Waals surface area contributed by atoms with Gasteiger partial charge in [-0.3, -0.25) is 4.90 Å². The molecule has 1 unspecified atom stereocenters. The van der Waals surface area contributed by atoms with Gasteiger partial charge in [0.25, 0.3) is 0 Å². The maximum Gasteiger partial charge on any atom is 0.124 e. The fourth-order valence-corrected chi connectivity index (χ4v) is 2.97. The maximum atomic E-state index is 13.1. The highest BCUT2D eigenvalue weighted by molar-refractivity contribution is 6.31. The third-order valence-corrected chi connectivity index (χ3v) is 4.17. The smallest absolute Gasteiger partial charge is 0.124 e. The lowest BCUT2D eigenvalue weighted by Crippen LogP contribution is -2.38. The van der Waals surface area contributed by atoms with Crippen molar-refractivity contribution in [3.05, 3.63) is 34.6 Å². The van der Waals surface area contributed by atoms with Gasteiger partial charge in [-0.2, -0.15) is 0 Å². The minimum atomic E-state index is -0.268.